The summed E-state index contributed by atoms with van der Waals surface area (Å²) >= 11 is 12.1. The summed E-state index contributed by atoms with van der Waals surface area (Å²) in [4.78, 5) is 23.1. The molecule has 0 heterocycles. The van der Waals surface area contributed by atoms with E-state index in [0.717, 1.165) is 18.4 Å². The molecule has 2 aromatic rings. The number of hydrogen-bond donors (Lipinski definition) is 2. The van der Waals surface area contributed by atoms with Crippen molar-refractivity contribution in [2.75, 3.05) is 0 Å². The van der Waals surface area contributed by atoms with Crippen LogP contribution in [0.4, 0.5) is 0 Å². The third-order valence-corrected chi connectivity index (χ3v) is 4.31. The largest absolute Gasteiger partial charge is 0.487 e. The zero-order valence-corrected chi connectivity index (χ0v) is 15.8. The number of hydrogen-bond acceptors (Lipinski definition) is 4. The second-order valence-corrected chi connectivity index (χ2v) is 6.90. The molecular weight excluding hydrogens is 389 g/mol. The monoisotopic (exact) mass is 405 g/mol. The molecule has 140 valence electrons. The van der Waals surface area contributed by atoms with Gasteiger partial charge in [0.15, 0.2) is 0 Å². The third kappa shape index (κ3) is 5.98. The summed E-state index contributed by atoms with van der Waals surface area (Å²) in [6.07, 6.45) is 3.22. The molecule has 1 saturated carbocycles. The van der Waals surface area contributed by atoms with Crippen LogP contribution in [0.1, 0.15) is 24.0 Å². The van der Waals surface area contributed by atoms with Crippen LogP contribution in [0.2, 0.25) is 10.0 Å². The van der Waals surface area contributed by atoms with Gasteiger partial charge >= 0.3 is 11.8 Å². The van der Waals surface area contributed by atoms with E-state index in [0.29, 0.717) is 28.0 Å². The molecule has 1 fully saturated rings. The Morgan fingerprint density at radius 2 is 1.85 bits per heavy atom. The maximum atomic E-state index is 11.6. The predicted molar refractivity (Wildman–Crippen MR) is 104 cm³/mol. The summed E-state index contributed by atoms with van der Waals surface area (Å²) in [6.45, 7) is 0.358. The summed E-state index contributed by atoms with van der Waals surface area (Å²) < 4.78 is 5.69. The fourth-order valence-corrected chi connectivity index (χ4v) is 2.52. The summed E-state index contributed by atoms with van der Waals surface area (Å²) in [5.74, 6) is -0.956. The molecule has 0 atom stereocenters. The summed E-state index contributed by atoms with van der Waals surface area (Å²) in [5.41, 5.74) is 3.80. The first kappa shape index (κ1) is 19.2. The molecule has 2 N–H and O–H groups in total. The van der Waals surface area contributed by atoms with Gasteiger partial charge in [0.25, 0.3) is 0 Å². The average Bonchev–Trinajstić information content (AvgIpc) is 3.46. The van der Waals surface area contributed by atoms with E-state index < -0.39 is 11.8 Å². The Hall–Kier alpha value is -2.57. The van der Waals surface area contributed by atoms with Crippen LogP contribution in [0, 0.1) is 0 Å². The minimum atomic E-state index is -0.799. The lowest BCUT2D eigenvalue weighted by molar-refractivity contribution is -0.139. The van der Waals surface area contributed by atoms with E-state index in [1.54, 1.807) is 30.3 Å². The van der Waals surface area contributed by atoms with Gasteiger partial charge in [-0.25, -0.2) is 5.43 Å². The number of carbonyl (C=O) groups excluding carboxylic acids is 2. The minimum absolute atomic E-state index is 0.117. The number of rotatable bonds is 6. The molecule has 8 heteroatoms. The maximum absolute atomic E-state index is 11.6. The Morgan fingerprint density at radius 1 is 1.11 bits per heavy atom. The van der Waals surface area contributed by atoms with Crippen molar-refractivity contribution >= 4 is 41.2 Å². The lowest BCUT2D eigenvalue weighted by atomic mass is 10.2. The molecule has 1 aliphatic carbocycles. The smallest absolute Gasteiger partial charge is 0.329 e. The van der Waals surface area contributed by atoms with Crippen LogP contribution in [-0.2, 0) is 16.2 Å². The van der Waals surface area contributed by atoms with E-state index >= 15 is 0 Å². The second kappa shape index (κ2) is 8.88. The highest BCUT2D eigenvalue weighted by Gasteiger charge is 2.26. The molecule has 2 aromatic carbocycles. The van der Waals surface area contributed by atoms with Gasteiger partial charge in [0.05, 0.1) is 11.2 Å². The third-order valence-electron chi connectivity index (χ3n) is 3.76. The Kier molecular flexibility index (Phi) is 6.32. The van der Waals surface area contributed by atoms with Gasteiger partial charge < -0.3 is 10.1 Å². The average molecular weight is 406 g/mol. The molecule has 6 nitrogen and oxygen atoms in total. The minimum Gasteiger partial charge on any atom is -0.487 e. The highest BCUT2D eigenvalue weighted by Crippen LogP contribution is 2.26. The summed E-state index contributed by atoms with van der Waals surface area (Å²) in [5, 5.41) is 7.42. The Morgan fingerprint density at radius 3 is 2.52 bits per heavy atom. The quantitative estimate of drug-likeness (QED) is 0.439. The van der Waals surface area contributed by atoms with Crippen molar-refractivity contribution in [2.24, 2.45) is 5.10 Å². The van der Waals surface area contributed by atoms with Gasteiger partial charge in [-0.3, -0.25) is 9.59 Å². The van der Waals surface area contributed by atoms with E-state index in [-0.39, 0.29) is 6.04 Å². The normalized spacial score (nSPS) is 13.4. The van der Waals surface area contributed by atoms with Gasteiger partial charge in [0.1, 0.15) is 12.4 Å². The number of benzene rings is 2. The van der Waals surface area contributed by atoms with E-state index in [9.17, 15) is 9.59 Å². The van der Waals surface area contributed by atoms with Crippen LogP contribution in [0.25, 0.3) is 0 Å². The van der Waals surface area contributed by atoms with Crippen molar-refractivity contribution in [1.82, 2.24) is 10.7 Å². The van der Waals surface area contributed by atoms with Crippen LogP contribution in [0.3, 0.4) is 0 Å². The lowest BCUT2D eigenvalue weighted by Crippen LogP contribution is -2.38. The zero-order valence-electron chi connectivity index (χ0n) is 14.2. The first-order valence-electron chi connectivity index (χ1n) is 8.32. The molecule has 0 radical (unpaired) electrons. The SMILES string of the molecule is O=C(N/N=C\c1ccc(OCc2ccc(Cl)cc2)c(Cl)c1)C(=O)NC1CC1. The summed E-state index contributed by atoms with van der Waals surface area (Å²) in [6, 6.07) is 12.6. The van der Waals surface area contributed by atoms with Gasteiger partial charge in [0.2, 0.25) is 0 Å². The van der Waals surface area contributed by atoms with Crippen LogP contribution in [0.5, 0.6) is 5.75 Å². The van der Waals surface area contributed by atoms with Crippen LogP contribution in [0.15, 0.2) is 47.6 Å². The predicted octanol–water partition coefficient (Wildman–Crippen LogP) is 3.30. The van der Waals surface area contributed by atoms with E-state index in [2.05, 4.69) is 15.8 Å². The first-order valence-corrected chi connectivity index (χ1v) is 9.07. The van der Waals surface area contributed by atoms with Crippen molar-refractivity contribution in [3.05, 3.63) is 63.6 Å². The van der Waals surface area contributed by atoms with Crippen molar-refractivity contribution in [1.29, 1.82) is 0 Å². The van der Waals surface area contributed by atoms with Crippen molar-refractivity contribution in [2.45, 2.75) is 25.5 Å². The van der Waals surface area contributed by atoms with Crippen LogP contribution in [-0.4, -0.2) is 24.1 Å². The lowest BCUT2D eigenvalue weighted by Gasteiger charge is -2.08. The van der Waals surface area contributed by atoms with Gasteiger partial charge in [0, 0.05) is 11.1 Å². The highest BCUT2D eigenvalue weighted by atomic mass is 35.5. The molecule has 3 rings (SSSR count). The van der Waals surface area contributed by atoms with Gasteiger partial charge in [-0.2, -0.15) is 5.10 Å². The van der Waals surface area contributed by atoms with E-state index in [4.69, 9.17) is 27.9 Å². The second-order valence-electron chi connectivity index (χ2n) is 6.05. The molecule has 27 heavy (non-hydrogen) atoms. The number of halogens is 2. The Bertz CT molecular complexity index is 865. The molecule has 2 amide bonds. The number of nitrogens with zero attached hydrogens (tertiary/aromatic N) is 1. The number of carbonyl (C=O) groups is 2. The molecule has 0 bridgehead atoms. The summed E-state index contributed by atoms with van der Waals surface area (Å²) in [7, 11) is 0. The topological polar surface area (TPSA) is 79.8 Å². The molecule has 0 aliphatic heterocycles. The number of amides is 2. The van der Waals surface area contributed by atoms with E-state index in [1.165, 1.54) is 6.21 Å². The number of ether oxygens (including phenoxy) is 1. The Labute approximate surface area is 166 Å². The number of nitrogens with one attached hydrogen (secondary N) is 2. The fraction of sp³-hybridized carbons (Fsp3) is 0.211. The Balaban J connectivity index is 1.51. The van der Waals surface area contributed by atoms with Gasteiger partial charge in [-0.15, -0.1) is 0 Å². The van der Waals surface area contributed by atoms with Crippen LogP contribution >= 0.6 is 23.2 Å². The zero-order chi connectivity index (χ0) is 19.2. The van der Waals surface area contributed by atoms with Gasteiger partial charge in [-0.05, 0) is 54.3 Å². The molecule has 1 aliphatic rings. The molecular formula is C19H17Cl2N3O3. The molecule has 0 spiro atoms. The number of hydrazone groups is 1. The maximum Gasteiger partial charge on any atom is 0.329 e. The van der Waals surface area contributed by atoms with Gasteiger partial charge in [-0.1, -0.05) is 35.3 Å². The van der Waals surface area contributed by atoms with Crippen molar-refractivity contribution in [3.63, 3.8) is 0 Å². The first-order chi connectivity index (χ1) is 13.0. The van der Waals surface area contributed by atoms with Crippen molar-refractivity contribution < 1.29 is 14.3 Å². The fourth-order valence-electron chi connectivity index (χ4n) is 2.15. The van der Waals surface area contributed by atoms with Crippen LogP contribution < -0.4 is 15.5 Å². The standard InChI is InChI=1S/C19H17Cl2N3O3/c20-14-4-1-12(2-5-14)11-27-17-8-3-13(9-16(17)21)10-22-24-19(26)18(25)23-15-6-7-15/h1-5,8-10,15H,6-7,11H2,(H,23,25)(H,24,26)/b22-10-. The molecule has 0 aromatic heterocycles. The molecule has 0 unspecified atom stereocenters. The van der Waals surface area contributed by atoms with E-state index in [1.807, 2.05) is 12.1 Å². The van der Waals surface area contributed by atoms with Crippen molar-refractivity contribution in [3.8, 4) is 5.75 Å². The molecule has 0 saturated heterocycles. The highest BCUT2D eigenvalue weighted by molar-refractivity contribution is 6.35.